The van der Waals surface area contributed by atoms with Crippen LogP contribution in [-0.4, -0.2) is 28.7 Å². The average molecular weight is 288 g/mol. The maximum absolute atomic E-state index is 12.6. The summed E-state index contributed by atoms with van der Waals surface area (Å²) in [5.74, 6) is -0.680. The van der Waals surface area contributed by atoms with Gasteiger partial charge in [0.2, 0.25) is 0 Å². The first-order chi connectivity index (χ1) is 10.1. The summed E-state index contributed by atoms with van der Waals surface area (Å²) in [7, 11) is 0. The molecule has 0 aliphatic rings. The van der Waals surface area contributed by atoms with Crippen LogP contribution in [0.2, 0.25) is 0 Å². The Labute approximate surface area is 122 Å². The molecule has 0 spiro atoms. The molecule has 1 aromatic heterocycles. The van der Waals surface area contributed by atoms with Crippen LogP contribution in [0.3, 0.4) is 0 Å². The van der Waals surface area contributed by atoms with Gasteiger partial charge in [0.1, 0.15) is 11.3 Å². The van der Waals surface area contributed by atoms with Crippen LogP contribution in [0.25, 0.3) is 0 Å². The van der Waals surface area contributed by atoms with Crippen molar-refractivity contribution in [3.8, 4) is 0 Å². The minimum atomic E-state index is -0.878. The molecule has 1 amide bonds. The maximum atomic E-state index is 12.6. The Bertz CT molecular complexity index is 622. The van der Waals surface area contributed by atoms with Gasteiger partial charge in [0.25, 0.3) is 5.91 Å². The zero-order chi connectivity index (χ0) is 15.2. The molecular weight excluding hydrogens is 272 g/mol. The second kappa shape index (κ2) is 6.69. The molecule has 1 heterocycles. The number of benzene rings is 1. The van der Waals surface area contributed by atoms with E-state index < -0.39 is 5.97 Å². The highest BCUT2D eigenvalue weighted by Crippen LogP contribution is 2.19. The molecule has 0 radical (unpaired) electrons. The Hall–Kier alpha value is -2.63. The molecule has 2 aromatic rings. The molecule has 0 saturated carbocycles. The normalized spacial score (nSPS) is 10.3. The minimum absolute atomic E-state index is 0.0131. The van der Waals surface area contributed by atoms with Crippen molar-refractivity contribution >= 4 is 17.6 Å². The van der Waals surface area contributed by atoms with E-state index in [4.69, 9.17) is 9.63 Å². The van der Waals surface area contributed by atoms with Gasteiger partial charge in [-0.25, -0.2) is 0 Å². The Morgan fingerprint density at radius 2 is 2.00 bits per heavy atom. The van der Waals surface area contributed by atoms with Gasteiger partial charge in [0.15, 0.2) is 0 Å². The highest BCUT2D eigenvalue weighted by atomic mass is 16.5. The molecule has 0 atom stereocenters. The van der Waals surface area contributed by atoms with Gasteiger partial charge >= 0.3 is 5.97 Å². The zero-order valence-corrected chi connectivity index (χ0v) is 11.7. The van der Waals surface area contributed by atoms with Gasteiger partial charge in [0, 0.05) is 18.7 Å². The SMILES string of the molecule is Cc1oncc1C(=O)N(CCCC(=O)O)c1ccccc1. The van der Waals surface area contributed by atoms with Crippen LogP contribution in [0.4, 0.5) is 5.69 Å². The highest BCUT2D eigenvalue weighted by Gasteiger charge is 2.21. The number of carbonyl (C=O) groups is 2. The maximum Gasteiger partial charge on any atom is 0.303 e. The molecule has 0 fully saturated rings. The van der Waals surface area contributed by atoms with Gasteiger partial charge in [0.05, 0.1) is 6.20 Å². The number of aromatic nitrogens is 1. The van der Waals surface area contributed by atoms with E-state index in [1.54, 1.807) is 11.8 Å². The molecule has 0 unspecified atom stereocenters. The number of carboxylic acids is 1. The number of nitrogens with zero attached hydrogens (tertiary/aromatic N) is 2. The number of aliphatic carboxylic acids is 1. The first kappa shape index (κ1) is 14.8. The molecule has 0 saturated heterocycles. The van der Waals surface area contributed by atoms with Crippen LogP contribution in [0.1, 0.15) is 29.0 Å². The van der Waals surface area contributed by atoms with Gasteiger partial charge < -0.3 is 14.5 Å². The van der Waals surface area contributed by atoms with Crippen molar-refractivity contribution in [1.29, 1.82) is 0 Å². The van der Waals surface area contributed by atoms with Crippen molar-refractivity contribution < 1.29 is 19.2 Å². The Balaban J connectivity index is 2.21. The van der Waals surface area contributed by atoms with Gasteiger partial charge in [-0.15, -0.1) is 0 Å². The van der Waals surface area contributed by atoms with Crippen molar-refractivity contribution in [1.82, 2.24) is 5.16 Å². The van der Waals surface area contributed by atoms with Crippen LogP contribution in [0.15, 0.2) is 41.1 Å². The Morgan fingerprint density at radius 1 is 1.29 bits per heavy atom. The van der Waals surface area contributed by atoms with Crippen LogP contribution in [-0.2, 0) is 4.79 Å². The lowest BCUT2D eigenvalue weighted by Crippen LogP contribution is -2.32. The fraction of sp³-hybridized carbons (Fsp3) is 0.267. The lowest BCUT2D eigenvalue weighted by Gasteiger charge is -2.22. The molecule has 1 N–H and O–H groups in total. The fourth-order valence-corrected chi connectivity index (χ4v) is 1.99. The van der Waals surface area contributed by atoms with E-state index in [2.05, 4.69) is 5.16 Å². The van der Waals surface area contributed by atoms with E-state index in [0.717, 1.165) is 0 Å². The number of anilines is 1. The average Bonchev–Trinajstić information content (AvgIpc) is 2.90. The summed E-state index contributed by atoms with van der Waals surface area (Å²) in [6.45, 7) is 1.99. The predicted molar refractivity (Wildman–Crippen MR) is 76.2 cm³/mol. The van der Waals surface area contributed by atoms with Crippen molar-refractivity contribution in [3.63, 3.8) is 0 Å². The molecular formula is C15H16N2O4. The number of hydrogen-bond donors (Lipinski definition) is 1. The Morgan fingerprint density at radius 3 is 2.57 bits per heavy atom. The molecule has 6 nitrogen and oxygen atoms in total. The molecule has 6 heteroatoms. The quantitative estimate of drug-likeness (QED) is 0.882. The largest absolute Gasteiger partial charge is 0.481 e. The third-order valence-corrected chi connectivity index (χ3v) is 3.07. The summed E-state index contributed by atoms with van der Waals surface area (Å²) in [4.78, 5) is 24.8. The van der Waals surface area contributed by atoms with E-state index in [0.29, 0.717) is 30.0 Å². The topological polar surface area (TPSA) is 83.6 Å². The van der Waals surface area contributed by atoms with Crippen molar-refractivity contribution in [2.24, 2.45) is 0 Å². The molecule has 1 aromatic carbocycles. The van der Waals surface area contributed by atoms with Gasteiger partial charge in [-0.1, -0.05) is 23.4 Å². The molecule has 0 aliphatic heterocycles. The van der Waals surface area contributed by atoms with Crippen LogP contribution < -0.4 is 4.90 Å². The first-order valence-electron chi connectivity index (χ1n) is 6.59. The number of para-hydroxylation sites is 1. The van der Waals surface area contributed by atoms with E-state index in [1.165, 1.54) is 6.20 Å². The standard InChI is InChI=1S/C15H16N2O4/c1-11-13(10-16-21-11)15(20)17(9-5-8-14(18)19)12-6-3-2-4-7-12/h2-4,6-7,10H,5,8-9H2,1H3,(H,18,19). The summed E-state index contributed by atoms with van der Waals surface area (Å²) in [5.41, 5.74) is 1.10. The molecule has 21 heavy (non-hydrogen) atoms. The second-order valence-corrected chi connectivity index (χ2v) is 4.59. The first-order valence-corrected chi connectivity index (χ1v) is 6.59. The zero-order valence-electron chi connectivity index (χ0n) is 11.7. The van der Waals surface area contributed by atoms with Crippen molar-refractivity contribution in [2.75, 3.05) is 11.4 Å². The Kier molecular flexibility index (Phi) is 4.71. The number of rotatable bonds is 6. The summed E-state index contributed by atoms with van der Waals surface area (Å²) >= 11 is 0. The van der Waals surface area contributed by atoms with Gasteiger partial charge in [-0.2, -0.15) is 0 Å². The third kappa shape index (κ3) is 3.68. The summed E-state index contributed by atoms with van der Waals surface area (Å²) in [6, 6.07) is 9.12. The molecule has 0 bridgehead atoms. The van der Waals surface area contributed by atoms with Crippen LogP contribution in [0, 0.1) is 6.92 Å². The van der Waals surface area contributed by atoms with E-state index in [9.17, 15) is 9.59 Å². The van der Waals surface area contributed by atoms with E-state index in [1.807, 2.05) is 30.3 Å². The third-order valence-electron chi connectivity index (χ3n) is 3.07. The predicted octanol–water partition coefficient (Wildman–Crippen LogP) is 2.49. The number of amides is 1. The van der Waals surface area contributed by atoms with E-state index >= 15 is 0 Å². The fourth-order valence-electron chi connectivity index (χ4n) is 1.99. The number of aryl methyl sites for hydroxylation is 1. The van der Waals surface area contributed by atoms with Gasteiger partial charge in [-0.05, 0) is 25.5 Å². The smallest absolute Gasteiger partial charge is 0.303 e. The summed E-state index contributed by atoms with van der Waals surface area (Å²) in [6.07, 6.45) is 1.77. The summed E-state index contributed by atoms with van der Waals surface area (Å²) in [5, 5.41) is 12.3. The van der Waals surface area contributed by atoms with Gasteiger partial charge in [-0.3, -0.25) is 9.59 Å². The molecule has 110 valence electrons. The monoisotopic (exact) mass is 288 g/mol. The van der Waals surface area contributed by atoms with Crippen LogP contribution >= 0.6 is 0 Å². The van der Waals surface area contributed by atoms with E-state index in [-0.39, 0.29) is 12.3 Å². The second-order valence-electron chi connectivity index (χ2n) is 4.59. The molecule has 0 aliphatic carbocycles. The number of carboxylic acid groups (broad SMARTS) is 1. The lowest BCUT2D eigenvalue weighted by atomic mass is 10.2. The number of carbonyl (C=O) groups excluding carboxylic acids is 1. The molecule has 2 rings (SSSR count). The summed E-state index contributed by atoms with van der Waals surface area (Å²) < 4.78 is 4.92. The number of hydrogen-bond acceptors (Lipinski definition) is 4. The lowest BCUT2D eigenvalue weighted by molar-refractivity contribution is -0.137. The van der Waals surface area contributed by atoms with Crippen molar-refractivity contribution in [2.45, 2.75) is 19.8 Å². The minimum Gasteiger partial charge on any atom is -0.481 e. The highest BCUT2D eigenvalue weighted by molar-refractivity contribution is 6.06. The van der Waals surface area contributed by atoms with Crippen LogP contribution in [0.5, 0.6) is 0 Å². The van der Waals surface area contributed by atoms with Crippen molar-refractivity contribution in [3.05, 3.63) is 47.9 Å².